The van der Waals surface area contributed by atoms with Crippen LogP contribution >= 0.6 is 0 Å². The van der Waals surface area contributed by atoms with Crippen molar-refractivity contribution in [2.75, 3.05) is 13.1 Å². The lowest BCUT2D eigenvalue weighted by atomic mass is 9.88. The van der Waals surface area contributed by atoms with Gasteiger partial charge in [0.05, 0.1) is 12.0 Å². The van der Waals surface area contributed by atoms with E-state index in [1.165, 1.54) is 12.1 Å². The zero-order chi connectivity index (χ0) is 19.4. The second-order valence-corrected chi connectivity index (χ2v) is 6.63. The van der Waals surface area contributed by atoms with E-state index in [0.29, 0.717) is 13.1 Å². The Hall–Kier alpha value is -2.54. The minimum absolute atomic E-state index is 0.0722. The van der Waals surface area contributed by atoms with Crippen LogP contribution in [0.3, 0.4) is 0 Å². The minimum Gasteiger partial charge on any atom is -0.406 e. The molecule has 0 aromatic heterocycles. The quantitative estimate of drug-likeness (QED) is 0.833. The lowest BCUT2D eigenvalue weighted by molar-refractivity contribution is -0.274. The molecule has 3 atom stereocenters. The van der Waals surface area contributed by atoms with Crippen molar-refractivity contribution in [2.24, 2.45) is 5.92 Å². The second-order valence-electron chi connectivity index (χ2n) is 6.63. The van der Waals surface area contributed by atoms with Crippen molar-refractivity contribution >= 4 is 5.91 Å². The Labute approximate surface area is 155 Å². The van der Waals surface area contributed by atoms with Crippen LogP contribution < -0.4 is 15.4 Å². The molecule has 1 amide bonds. The van der Waals surface area contributed by atoms with E-state index < -0.39 is 6.36 Å². The lowest BCUT2D eigenvalue weighted by Gasteiger charge is -2.22. The molecule has 1 aliphatic rings. The Bertz CT molecular complexity index is 763. The van der Waals surface area contributed by atoms with Crippen LogP contribution in [0.15, 0.2) is 54.6 Å². The number of carbonyl (C=O) groups is 1. The molecular formula is C20H21F3N2O2. The smallest absolute Gasteiger partial charge is 0.406 e. The van der Waals surface area contributed by atoms with E-state index in [1.807, 2.05) is 37.3 Å². The van der Waals surface area contributed by atoms with Gasteiger partial charge in [0.2, 0.25) is 5.91 Å². The van der Waals surface area contributed by atoms with Crippen LogP contribution in [-0.2, 0) is 4.79 Å². The molecule has 0 saturated carbocycles. The number of nitrogens with one attached hydrogen (secondary N) is 2. The Morgan fingerprint density at radius 3 is 2.41 bits per heavy atom. The number of amides is 1. The number of alkyl halides is 3. The molecule has 1 aliphatic heterocycles. The second kappa shape index (κ2) is 8.00. The molecule has 4 nitrogen and oxygen atoms in total. The summed E-state index contributed by atoms with van der Waals surface area (Å²) in [6.07, 6.45) is -4.72. The number of hydrogen-bond acceptors (Lipinski definition) is 3. The zero-order valence-corrected chi connectivity index (χ0v) is 14.8. The zero-order valence-electron chi connectivity index (χ0n) is 14.8. The Kier molecular flexibility index (Phi) is 5.70. The number of halogens is 3. The maximum absolute atomic E-state index is 12.7. The molecule has 0 bridgehead atoms. The van der Waals surface area contributed by atoms with E-state index in [-0.39, 0.29) is 29.5 Å². The third kappa shape index (κ3) is 5.01. The van der Waals surface area contributed by atoms with E-state index in [4.69, 9.17) is 0 Å². The molecule has 1 heterocycles. The van der Waals surface area contributed by atoms with Crippen LogP contribution in [-0.4, -0.2) is 25.4 Å². The third-order valence-electron chi connectivity index (χ3n) is 4.75. The molecule has 2 aromatic rings. The van der Waals surface area contributed by atoms with Crippen molar-refractivity contribution in [3.8, 4) is 5.75 Å². The molecule has 144 valence electrons. The highest BCUT2D eigenvalue weighted by molar-refractivity contribution is 5.81. The fourth-order valence-electron chi connectivity index (χ4n) is 3.37. The molecule has 1 fully saturated rings. The SMILES string of the molecule is CC(NC(=O)C1CNCC1c1ccc(OC(F)(F)F)cc1)c1ccccc1. The van der Waals surface area contributed by atoms with Crippen LogP contribution in [0.25, 0.3) is 0 Å². The maximum atomic E-state index is 12.7. The van der Waals surface area contributed by atoms with Gasteiger partial charge in [-0.3, -0.25) is 4.79 Å². The summed E-state index contributed by atoms with van der Waals surface area (Å²) in [5, 5.41) is 6.22. The highest BCUT2D eigenvalue weighted by atomic mass is 19.4. The molecule has 3 unspecified atom stereocenters. The van der Waals surface area contributed by atoms with Crippen molar-refractivity contribution in [2.45, 2.75) is 25.2 Å². The molecule has 1 saturated heterocycles. The van der Waals surface area contributed by atoms with Gasteiger partial charge < -0.3 is 15.4 Å². The van der Waals surface area contributed by atoms with Crippen molar-refractivity contribution in [3.05, 3.63) is 65.7 Å². The molecule has 7 heteroatoms. The van der Waals surface area contributed by atoms with Gasteiger partial charge in [0, 0.05) is 19.0 Å². The standard InChI is InChI=1S/C20H21F3N2O2/c1-13(14-5-3-2-4-6-14)25-19(26)18-12-24-11-17(18)15-7-9-16(10-8-15)27-20(21,22)23/h2-10,13,17-18,24H,11-12H2,1H3,(H,25,26). The molecule has 0 aliphatic carbocycles. The molecule has 27 heavy (non-hydrogen) atoms. The summed E-state index contributed by atoms with van der Waals surface area (Å²) in [7, 11) is 0. The number of benzene rings is 2. The first-order chi connectivity index (χ1) is 12.8. The molecule has 2 aromatic carbocycles. The largest absolute Gasteiger partial charge is 0.573 e. The van der Waals surface area contributed by atoms with Gasteiger partial charge in [0.25, 0.3) is 0 Å². The van der Waals surface area contributed by atoms with Crippen LogP contribution in [0.2, 0.25) is 0 Å². The van der Waals surface area contributed by atoms with Gasteiger partial charge in [-0.2, -0.15) is 0 Å². The van der Waals surface area contributed by atoms with Crippen molar-refractivity contribution < 1.29 is 22.7 Å². The lowest BCUT2D eigenvalue weighted by Crippen LogP contribution is -2.36. The van der Waals surface area contributed by atoms with E-state index in [9.17, 15) is 18.0 Å². The fourth-order valence-corrected chi connectivity index (χ4v) is 3.37. The van der Waals surface area contributed by atoms with Crippen LogP contribution in [0.5, 0.6) is 5.75 Å². The average Bonchev–Trinajstić information content (AvgIpc) is 3.11. The molecule has 3 rings (SSSR count). The number of hydrogen-bond donors (Lipinski definition) is 2. The third-order valence-corrected chi connectivity index (χ3v) is 4.75. The van der Waals surface area contributed by atoms with Gasteiger partial charge in [0.1, 0.15) is 5.75 Å². The van der Waals surface area contributed by atoms with Gasteiger partial charge >= 0.3 is 6.36 Å². The Morgan fingerprint density at radius 1 is 1.11 bits per heavy atom. The van der Waals surface area contributed by atoms with Crippen LogP contribution in [0.1, 0.15) is 30.0 Å². The Morgan fingerprint density at radius 2 is 1.78 bits per heavy atom. The van der Waals surface area contributed by atoms with Crippen LogP contribution in [0.4, 0.5) is 13.2 Å². The number of carbonyl (C=O) groups excluding carboxylic acids is 1. The van der Waals surface area contributed by atoms with E-state index in [0.717, 1.165) is 11.1 Å². The summed E-state index contributed by atoms with van der Waals surface area (Å²) in [4.78, 5) is 12.7. The minimum atomic E-state index is -4.72. The van der Waals surface area contributed by atoms with Crippen molar-refractivity contribution in [1.29, 1.82) is 0 Å². The monoisotopic (exact) mass is 378 g/mol. The van der Waals surface area contributed by atoms with Gasteiger partial charge in [-0.25, -0.2) is 0 Å². The normalized spacial score (nSPS) is 20.9. The van der Waals surface area contributed by atoms with E-state index >= 15 is 0 Å². The molecule has 0 spiro atoms. The van der Waals surface area contributed by atoms with E-state index in [2.05, 4.69) is 15.4 Å². The maximum Gasteiger partial charge on any atom is 0.573 e. The van der Waals surface area contributed by atoms with Crippen molar-refractivity contribution in [3.63, 3.8) is 0 Å². The summed E-state index contributed by atoms with van der Waals surface area (Å²) < 4.78 is 40.8. The summed E-state index contributed by atoms with van der Waals surface area (Å²) in [5.41, 5.74) is 1.82. The number of ether oxygens (including phenoxy) is 1. The topological polar surface area (TPSA) is 50.4 Å². The fraction of sp³-hybridized carbons (Fsp3) is 0.350. The first-order valence-corrected chi connectivity index (χ1v) is 8.75. The summed E-state index contributed by atoms with van der Waals surface area (Å²) in [6.45, 7) is 3.05. The predicted octanol–water partition coefficient (Wildman–Crippen LogP) is 3.77. The summed E-state index contributed by atoms with van der Waals surface area (Å²) >= 11 is 0. The highest BCUT2D eigenvalue weighted by Crippen LogP contribution is 2.31. The van der Waals surface area contributed by atoms with Gasteiger partial charge in [-0.05, 0) is 30.2 Å². The average molecular weight is 378 g/mol. The first-order valence-electron chi connectivity index (χ1n) is 8.75. The molecule has 0 radical (unpaired) electrons. The first kappa shape index (κ1) is 19.2. The van der Waals surface area contributed by atoms with Gasteiger partial charge in [-0.1, -0.05) is 42.5 Å². The van der Waals surface area contributed by atoms with Crippen LogP contribution in [0, 0.1) is 5.92 Å². The summed E-state index contributed by atoms with van der Waals surface area (Å²) in [5.74, 6) is -0.730. The van der Waals surface area contributed by atoms with Gasteiger partial charge in [-0.15, -0.1) is 13.2 Å². The van der Waals surface area contributed by atoms with Gasteiger partial charge in [0.15, 0.2) is 0 Å². The number of rotatable bonds is 5. The Balaban J connectivity index is 1.67. The predicted molar refractivity (Wildman–Crippen MR) is 95.2 cm³/mol. The van der Waals surface area contributed by atoms with E-state index in [1.54, 1.807) is 12.1 Å². The highest BCUT2D eigenvalue weighted by Gasteiger charge is 2.35. The molecule has 2 N–H and O–H groups in total. The summed E-state index contributed by atoms with van der Waals surface area (Å²) in [6, 6.07) is 15.3. The van der Waals surface area contributed by atoms with Crippen molar-refractivity contribution in [1.82, 2.24) is 10.6 Å². The molecular weight excluding hydrogens is 357 g/mol.